The molecule has 1 atom stereocenters. The highest BCUT2D eigenvalue weighted by atomic mass is 79.9. The Morgan fingerprint density at radius 3 is 2.75 bits per heavy atom. The summed E-state index contributed by atoms with van der Waals surface area (Å²) in [7, 11) is 0. The van der Waals surface area contributed by atoms with E-state index in [1.165, 1.54) is 6.07 Å². The Morgan fingerprint density at radius 1 is 1.30 bits per heavy atom. The van der Waals surface area contributed by atoms with Crippen molar-refractivity contribution in [2.75, 3.05) is 6.54 Å². The van der Waals surface area contributed by atoms with Crippen molar-refractivity contribution in [2.45, 2.75) is 26.3 Å². The molecule has 0 aliphatic rings. The smallest absolute Gasteiger partial charge is 0.128 e. The summed E-state index contributed by atoms with van der Waals surface area (Å²) in [5.74, 6) is -0.246. The molecule has 1 N–H and O–H groups in total. The summed E-state index contributed by atoms with van der Waals surface area (Å²) in [6.07, 6.45) is 4.36. The van der Waals surface area contributed by atoms with Crippen LogP contribution in [0.5, 0.6) is 0 Å². The fourth-order valence-electron chi connectivity index (χ4n) is 1.95. The fraction of sp³-hybridized carbons (Fsp3) is 0.333. The third-order valence-corrected chi connectivity index (χ3v) is 3.46. The van der Waals surface area contributed by atoms with Crippen LogP contribution in [0.2, 0.25) is 0 Å². The molecule has 0 spiro atoms. The van der Waals surface area contributed by atoms with E-state index in [0.29, 0.717) is 5.56 Å². The van der Waals surface area contributed by atoms with Crippen LogP contribution < -0.4 is 5.32 Å². The zero-order valence-electron chi connectivity index (χ0n) is 11.5. The van der Waals surface area contributed by atoms with E-state index in [-0.39, 0.29) is 11.9 Å². The van der Waals surface area contributed by atoms with Gasteiger partial charge >= 0.3 is 0 Å². The molecule has 106 valence electrons. The molecular weight excluding hydrogens is 321 g/mol. The van der Waals surface area contributed by atoms with E-state index in [2.05, 4.69) is 38.1 Å². The van der Waals surface area contributed by atoms with Gasteiger partial charge in [-0.05, 0) is 38.1 Å². The second-order valence-corrected chi connectivity index (χ2v) is 5.55. The van der Waals surface area contributed by atoms with E-state index in [1.54, 1.807) is 24.5 Å². The number of hydrogen-bond acceptors (Lipinski definition) is 3. The predicted molar refractivity (Wildman–Crippen MR) is 81.0 cm³/mol. The van der Waals surface area contributed by atoms with Crippen LogP contribution in [0.4, 0.5) is 4.39 Å². The Kier molecular flexibility index (Phi) is 5.20. The van der Waals surface area contributed by atoms with E-state index in [4.69, 9.17) is 0 Å². The summed E-state index contributed by atoms with van der Waals surface area (Å²) in [4.78, 5) is 8.62. The number of rotatable bonds is 5. The molecule has 0 fully saturated rings. The summed E-state index contributed by atoms with van der Waals surface area (Å²) in [6, 6.07) is 4.64. The van der Waals surface area contributed by atoms with E-state index >= 15 is 0 Å². The number of aryl methyl sites for hydroxylation is 1. The molecule has 0 aliphatic carbocycles. The highest BCUT2D eigenvalue weighted by molar-refractivity contribution is 9.10. The molecular formula is C15H17BrFN3. The van der Waals surface area contributed by atoms with Crippen LogP contribution in [0.3, 0.4) is 0 Å². The highest BCUT2D eigenvalue weighted by Gasteiger charge is 2.19. The van der Waals surface area contributed by atoms with Gasteiger partial charge < -0.3 is 5.32 Å². The van der Waals surface area contributed by atoms with Crippen molar-refractivity contribution in [3.8, 4) is 0 Å². The molecule has 0 radical (unpaired) electrons. The lowest BCUT2D eigenvalue weighted by Gasteiger charge is -2.19. The van der Waals surface area contributed by atoms with Gasteiger partial charge in [0, 0.05) is 16.2 Å². The van der Waals surface area contributed by atoms with Gasteiger partial charge in [-0.3, -0.25) is 9.97 Å². The molecule has 0 amide bonds. The molecule has 0 bridgehead atoms. The Bertz CT molecular complexity index is 572. The average Bonchev–Trinajstić information content (AvgIpc) is 2.44. The molecule has 0 saturated carbocycles. The second-order valence-electron chi connectivity index (χ2n) is 4.64. The van der Waals surface area contributed by atoms with Crippen LogP contribution in [-0.4, -0.2) is 16.5 Å². The van der Waals surface area contributed by atoms with Crippen molar-refractivity contribution in [1.29, 1.82) is 0 Å². The van der Waals surface area contributed by atoms with Gasteiger partial charge in [0.25, 0.3) is 0 Å². The largest absolute Gasteiger partial charge is 0.305 e. The molecule has 1 aromatic carbocycles. The van der Waals surface area contributed by atoms with Crippen molar-refractivity contribution in [3.05, 3.63) is 57.8 Å². The fourth-order valence-corrected chi connectivity index (χ4v) is 2.33. The molecule has 2 aromatic rings. The maximum absolute atomic E-state index is 14.1. The Hall–Kier alpha value is -1.33. The number of nitrogens with one attached hydrogen (secondary N) is 1. The van der Waals surface area contributed by atoms with Crippen molar-refractivity contribution in [1.82, 2.24) is 15.3 Å². The normalized spacial score (nSPS) is 12.4. The van der Waals surface area contributed by atoms with Crippen molar-refractivity contribution >= 4 is 15.9 Å². The molecule has 3 nitrogen and oxygen atoms in total. The van der Waals surface area contributed by atoms with Crippen molar-refractivity contribution < 1.29 is 4.39 Å². The number of halogens is 2. The monoisotopic (exact) mass is 337 g/mol. The van der Waals surface area contributed by atoms with Crippen molar-refractivity contribution in [3.63, 3.8) is 0 Å². The van der Waals surface area contributed by atoms with Crippen LogP contribution in [0.1, 0.15) is 36.3 Å². The highest BCUT2D eigenvalue weighted by Crippen LogP contribution is 2.25. The topological polar surface area (TPSA) is 37.8 Å². The molecule has 0 aliphatic heterocycles. The first-order valence-corrected chi connectivity index (χ1v) is 7.38. The SMILES string of the molecule is CCCNC(c1cnc(C)cn1)c1cc(Br)ccc1F. The molecule has 5 heteroatoms. The zero-order valence-corrected chi connectivity index (χ0v) is 13.1. The minimum Gasteiger partial charge on any atom is -0.305 e. The van der Waals surface area contributed by atoms with Gasteiger partial charge in [-0.1, -0.05) is 22.9 Å². The Labute approximate surface area is 126 Å². The van der Waals surface area contributed by atoms with E-state index in [9.17, 15) is 4.39 Å². The molecule has 1 heterocycles. The first-order valence-electron chi connectivity index (χ1n) is 6.58. The lowest BCUT2D eigenvalue weighted by atomic mass is 10.0. The second kappa shape index (κ2) is 6.90. The number of benzene rings is 1. The predicted octanol–water partition coefficient (Wildman–Crippen LogP) is 3.78. The summed E-state index contributed by atoms with van der Waals surface area (Å²) in [6.45, 7) is 4.74. The molecule has 1 aromatic heterocycles. The molecule has 1 unspecified atom stereocenters. The lowest BCUT2D eigenvalue weighted by molar-refractivity contribution is 0.537. The third kappa shape index (κ3) is 3.61. The van der Waals surface area contributed by atoms with Gasteiger partial charge in [-0.2, -0.15) is 0 Å². The average molecular weight is 338 g/mol. The maximum Gasteiger partial charge on any atom is 0.128 e. The summed E-state index contributed by atoms with van der Waals surface area (Å²) >= 11 is 3.39. The van der Waals surface area contributed by atoms with Gasteiger partial charge in [0.05, 0.1) is 23.6 Å². The zero-order chi connectivity index (χ0) is 14.5. The quantitative estimate of drug-likeness (QED) is 0.902. The number of nitrogens with zero attached hydrogens (tertiary/aromatic N) is 2. The molecule has 2 rings (SSSR count). The van der Waals surface area contributed by atoms with E-state index in [0.717, 1.165) is 28.8 Å². The van der Waals surface area contributed by atoms with Crippen LogP contribution in [0.25, 0.3) is 0 Å². The number of aromatic nitrogens is 2. The van der Waals surface area contributed by atoms with Gasteiger partial charge in [0.1, 0.15) is 5.82 Å². The van der Waals surface area contributed by atoms with E-state index in [1.807, 2.05) is 6.92 Å². The van der Waals surface area contributed by atoms with E-state index < -0.39 is 0 Å². The lowest BCUT2D eigenvalue weighted by Crippen LogP contribution is -2.25. The van der Waals surface area contributed by atoms with Gasteiger partial charge in [-0.25, -0.2) is 4.39 Å². The third-order valence-electron chi connectivity index (χ3n) is 2.96. The van der Waals surface area contributed by atoms with Crippen LogP contribution >= 0.6 is 15.9 Å². The number of hydrogen-bond donors (Lipinski definition) is 1. The van der Waals surface area contributed by atoms with Crippen LogP contribution in [-0.2, 0) is 0 Å². The molecule has 0 saturated heterocycles. The van der Waals surface area contributed by atoms with Crippen LogP contribution in [0, 0.1) is 12.7 Å². The molecule has 20 heavy (non-hydrogen) atoms. The minimum atomic E-state index is -0.291. The first-order chi connectivity index (χ1) is 9.61. The maximum atomic E-state index is 14.1. The van der Waals surface area contributed by atoms with Crippen molar-refractivity contribution in [2.24, 2.45) is 0 Å². The summed E-state index contributed by atoms with van der Waals surface area (Å²) in [5, 5.41) is 3.33. The van der Waals surface area contributed by atoms with Gasteiger partial charge in [0.15, 0.2) is 0 Å². The van der Waals surface area contributed by atoms with Crippen LogP contribution in [0.15, 0.2) is 35.1 Å². The van der Waals surface area contributed by atoms with Gasteiger partial charge in [-0.15, -0.1) is 0 Å². The Balaban J connectivity index is 2.41. The summed E-state index contributed by atoms with van der Waals surface area (Å²) < 4.78 is 14.9. The first kappa shape index (κ1) is 15.1. The standard InChI is InChI=1S/C15H17BrFN3/c1-3-6-18-15(14-9-19-10(2)8-20-14)12-7-11(16)4-5-13(12)17/h4-5,7-9,15,18H,3,6H2,1-2H3. The minimum absolute atomic E-state index is 0.246. The van der Waals surface area contributed by atoms with Gasteiger partial charge in [0.2, 0.25) is 0 Å². The Morgan fingerprint density at radius 2 is 2.10 bits per heavy atom. The summed E-state index contributed by atoms with van der Waals surface area (Å²) in [5.41, 5.74) is 2.14.